The van der Waals surface area contributed by atoms with Gasteiger partial charge in [0.2, 0.25) is 0 Å². The molecule has 0 aliphatic carbocycles. The van der Waals surface area contributed by atoms with Crippen LogP contribution in [0.4, 0.5) is 0 Å². The summed E-state index contributed by atoms with van der Waals surface area (Å²) in [5, 5.41) is 2.51. The summed E-state index contributed by atoms with van der Waals surface area (Å²) >= 11 is 0. The maximum Gasteiger partial charge on any atom is 0.0715 e. The Balaban J connectivity index is 0.901. The van der Waals surface area contributed by atoms with Gasteiger partial charge < -0.3 is 4.57 Å². The first kappa shape index (κ1) is 39.7. The Kier molecular flexibility index (Phi) is 10.2. The van der Waals surface area contributed by atoms with Gasteiger partial charge >= 0.3 is 0 Å². The van der Waals surface area contributed by atoms with E-state index in [0.29, 0.717) is 0 Å². The molecule has 0 saturated carbocycles. The van der Waals surface area contributed by atoms with Crippen LogP contribution in [-0.4, -0.2) is 9.55 Å². The Morgan fingerprint density at radius 2 is 0.507 bits per heavy atom. The molecule has 10 aromatic carbocycles. The van der Waals surface area contributed by atoms with Crippen LogP contribution >= 0.6 is 0 Å². The summed E-state index contributed by atoms with van der Waals surface area (Å²) in [4.78, 5) is 5.38. The molecule has 0 saturated heterocycles. The standard InChI is InChI=1S/C65H44N2/c1-3-14-45(15-4-1)52-18-11-20-54(40-52)47-28-30-49(31-29-47)58-43-62(66-63(44-58)51-36-38-59(39-37-51)67-64-26-9-7-24-60(64)61-25-8-10-27-65(61)67)50-34-32-48(33-35-50)55-21-13-23-57(42-55)56-22-12-19-53(41-56)46-16-5-2-6-17-46/h1-44H. The lowest BCUT2D eigenvalue weighted by Crippen LogP contribution is -1.95. The van der Waals surface area contributed by atoms with Gasteiger partial charge in [0.05, 0.1) is 22.4 Å². The quantitative estimate of drug-likeness (QED) is 0.141. The van der Waals surface area contributed by atoms with Gasteiger partial charge in [-0.1, -0.05) is 212 Å². The predicted molar refractivity (Wildman–Crippen MR) is 282 cm³/mol. The van der Waals surface area contributed by atoms with Gasteiger partial charge in [0, 0.05) is 27.6 Å². The van der Waals surface area contributed by atoms with Gasteiger partial charge in [-0.3, -0.25) is 0 Å². The smallest absolute Gasteiger partial charge is 0.0715 e. The molecule has 0 aliphatic rings. The van der Waals surface area contributed by atoms with Crippen LogP contribution in [0, 0.1) is 0 Å². The minimum atomic E-state index is 0.926. The van der Waals surface area contributed by atoms with Crippen molar-refractivity contribution in [3.05, 3.63) is 267 Å². The van der Waals surface area contributed by atoms with Gasteiger partial charge in [0.15, 0.2) is 0 Å². The summed E-state index contributed by atoms with van der Waals surface area (Å²) < 4.78 is 2.36. The topological polar surface area (TPSA) is 17.8 Å². The first-order valence-electron chi connectivity index (χ1n) is 22.9. The highest BCUT2D eigenvalue weighted by Gasteiger charge is 2.14. The lowest BCUT2D eigenvalue weighted by molar-refractivity contribution is 1.18. The minimum Gasteiger partial charge on any atom is -0.309 e. The zero-order valence-corrected chi connectivity index (χ0v) is 36.8. The fraction of sp³-hybridized carbons (Fsp3) is 0. The molecule has 0 aliphatic heterocycles. The molecule has 12 rings (SSSR count). The molecule has 0 spiro atoms. The molecule has 2 aromatic heterocycles. The summed E-state index contributed by atoms with van der Waals surface area (Å²) in [6.45, 7) is 0. The molecule has 0 bridgehead atoms. The number of para-hydroxylation sites is 2. The van der Waals surface area contributed by atoms with Crippen molar-refractivity contribution < 1.29 is 0 Å². The molecule has 0 fully saturated rings. The lowest BCUT2D eigenvalue weighted by atomic mass is 9.95. The Morgan fingerprint density at radius 1 is 0.209 bits per heavy atom. The Morgan fingerprint density at radius 3 is 0.925 bits per heavy atom. The van der Waals surface area contributed by atoms with Crippen molar-refractivity contribution in [1.29, 1.82) is 0 Å². The molecule has 0 atom stereocenters. The fourth-order valence-corrected chi connectivity index (χ4v) is 9.56. The van der Waals surface area contributed by atoms with Crippen molar-refractivity contribution in [2.75, 3.05) is 0 Å². The van der Waals surface area contributed by atoms with E-state index in [4.69, 9.17) is 4.98 Å². The van der Waals surface area contributed by atoms with Crippen LogP contribution in [0.2, 0.25) is 0 Å². The van der Waals surface area contributed by atoms with E-state index in [0.717, 1.165) is 44.9 Å². The van der Waals surface area contributed by atoms with Gasteiger partial charge in [-0.05, 0) is 121 Å². The molecular weight excluding hydrogens is 809 g/mol. The SMILES string of the molecule is c1ccc(-c2cccc(-c3ccc(-c4cc(-c5ccc(-c6cccc(-c7cccc(-c8ccccc8)c7)c6)cc5)nc(-c5ccc(-n6c7ccccc7c7ccccc76)cc5)c4)cc3)c2)cc1. The van der Waals surface area contributed by atoms with E-state index in [1.807, 2.05) is 0 Å². The number of hydrogen-bond acceptors (Lipinski definition) is 1. The van der Waals surface area contributed by atoms with E-state index in [1.165, 1.54) is 71.9 Å². The first-order valence-corrected chi connectivity index (χ1v) is 22.9. The summed E-state index contributed by atoms with van der Waals surface area (Å²) in [5.41, 5.74) is 21.7. The molecule has 67 heavy (non-hydrogen) atoms. The summed E-state index contributed by atoms with van der Waals surface area (Å²) in [6, 6.07) is 96.1. The molecule has 314 valence electrons. The van der Waals surface area contributed by atoms with E-state index in [1.54, 1.807) is 0 Å². The molecule has 12 aromatic rings. The average molecular weight is 853 g/mol. The molecule has 2 nitrogen and oxygen atoms in total. The van der Waals surface area contributed by atoms with E-state index in [9.17, 15) is 0 Å². The van der Waals surface area contributed by atoms with E-state index >= 15 is 0 Å². The van der Waals surface area contributed by atoms with Crippen LogP contribution in [0.1, 0.15) is 0 Å². The van der Waals surface area contributed by atoms with Crippen LogP contribution in [0.3, 0.4) is 0 Å². The van der Waals surface area contributed by atoms with Crippen LogP contribution < -0.4 is 0 Å². The number of nitrogens with zero attached hydrogens (tertiary/aromatic N) is 2. The van der Waals surface area contributed by atoms with Crippen molar-refractivity contribution >= 4 is 21.8 Å². The second kappa shape index (κ2) is 17.3. The molecule has 0 N–H and O–H groups in total. The summed E-state index contributed by atoms with van der Waals surface area (Å²) in [6.07, 6.45) is 0. The van der Waals surface area contributed by atoms with Gasteiger partial charge in [0.25, 0.3) is 0 Å². The monoisotopic (exact) mass is 852 g/mol. The summed E-state index contributed by atoms with van der Waals surface area (Å²) in [7, 11) is 0. The minimum absolute atomic E-state index is 0.926. The van der Waals surface area contributed by atoms with Gasteiger partial charge in [-0.2, -0.15) is 0 Å². The van der Waals surface area contributed by atoms with Crippen molar-refractivity contribution in [2.45, 2.75) is 0 Å². The van der Waals surface area contributed by atoms with Gasteiger partial charge in [0.1, 0.15) is 0 Å². The largest absolute Gasteiger partial charge is 0.309 e. The number of aromatic nitrogens is 2. The Hall–Kier alpha value is -8.85. The highest BCUT2D eigenvalue weighted by molar-refractivity contribution is 6.09. The summed E-state index contributed by atoms with van der Waals surface area (Å²) in [5.74, 6) is 0. The van der Waals surface area contributed by atoms with Crippen LogP contribution in [0.5, 0.6) is 0 Å². The van der Waals surface area contributed by atoms with Crippen molar-refractivity contribution in [1.82, 2.24) is 9.55 Å². The number of pyridine rings is 1. The number of fused-ring (bicyclic) bond motifs is 3. The highest BCUT2D eigenvalue weighted by Crippen LogP contribution is 2.37. The van der Waals surface area contributed by atoms with E-state index in [-0.39, 0.29) is 0 Å². The van der Waals surface area contributed by atoms with Gasteiger partial charge in [-0.15, -0.1) is 0 Å². The third-order valence-electron chi connectivity index (χ3n) is 13.0. The number of rotatable bonds is 9. The fourth-order valence-electron chi connectivity index (χ4n) is 9.56. The van der Waals surface area contributed by atoms with E-state index < -0.39 is 0 Å². The van der Waals surface area contributed by atoms with Crippen molar-refractivity contribution in [3.63, 3.8) is 0 Å². The maximum absolute atomic E-state index is 5.38. The Bertz CT molecular complexity index is 3640. The number of hydrogen-bond donors (Lipinski definition) is 0. The third kappa shape index (κ3) is 7.81. The lowest BCUT2D eigenvalue weighted by Gasteiger charge is -2.13. The maximum atomic E-state index is 5.38. The van der Waals surface area contributed by atoms with Crippen molar-refractivity contribution in [3.8, 4) is 95.0 Å². The van der Waals surface area contributed by atoms with Crippen LogP contribution in [-0.2, 0) is 0 Å². The molecule has 0 amide bonds. The van der Waals surface area contributed by atoms with Crippen molar-refractivity contribution in [2.24, 2.45) is 0 Å². The Labute approximate surface area is 391 Å². The second-order valence-corrected chi connectivity index (χ2v) is 17.2. The normalized spacial score (nSPS) is 11.3. The molecule has 2 heterocycles. The zero-order valence-electron chi connectivity index (χ0n) is 36.8. The third-order valence-corrected chi connectivity index (χ3v) is 13.0. The van der Waals surface area contributed by atoms with Gasteiger partial charge in [-0.25, -0.2) is 4.98 Å². The zero-order chi connectivity index (χ0) is 44.5. The first-order chi connectivity index (χ1) is 33.2. The molecular formula is C65H44N2. The average Bonchev–Trinajstić information content (AvgIpc) is 3.76. The molecule has 2 heteroatoms. The van der Waals surface area contributed by atoms with Crippen LogP contribution in [0.15, 0.2) is 267 Å². The van der Waals surface area contributed by atoms with Crippen LogP contribution in [0.25, 0.3) is 117 Å². The van der Waals surface area contributed by atoms with E-state index in [2.05, 4.69) is 271 Å². The number of benzene rings is 10. The highest BCUT2D eigenvalue weighted by atomic mass is 15.0. The molecule has 0 unspecified atom stereocenters. The molecule has 0 radical (unpaired) electrons. The predicted octanol–water partition coefficient (Wildman–Crippen LogP) is 17.5. The second-order valence-electron chi connectivity index (χ2n) is 17.2.